The molecule has 3 N–H and O–H groups in total. The Morgan fingerprint density at radius 1 is 1.02 bits per heavy atom. The standard InChI is InChI=1S/C52H79N3O5Si/c1-34(2)38-19-26-52(55-31-37(56)32-60-61(11,12)46(3,4)5)28-27-49(9)40(43(38)52)15-16-42-48(8)22-20-39(47(6,7)41(48)21-23-50(42,49)10)35-17-24-51(25-18-35,45(57)58)33-59-44-36(30-53)14-13-29-54-44/h13-14,17,20,29,37-38,40-43,55-56H,1,15-16,18-19,21-28,31-33H2,2-12H3,(H,57,58)/t37-,38+,40-,41+,42-,43-,48+,49-,50-,51?,52+/m1/s1. The lowest BCUT2D eigenvalue weighted by atomic mass is 9.33. The number of ether oxygens (including phenoxy) is 1. The van der Waals surface area contributed by atoms with Crippen molar-refractivity contribution in [3.63, 3.8) is 0 Å². The quantitative estimate of drug-likeness (QED) is 0.140. The van der Waals surface area contributed by atoms with Crippen molar-refractivity contribution in [3.8, 4) is 11.9 Å². The average molecular weight is 854 g/mol. The molecule has 1 unspecified atom stereocenters. The summed E-state index contributed by atoms with van der Waals surface area (Å²) < 4.78 is 12.4. The smallest absolute Gasteiger partial charge is 0.313 e. The van der Waals surface area contributed by atoms with Crippen LogP contribution in [0.5, 0.6) is 5.88 Å². The fourth-order valence-electron chi connectivity index (χ4n) is 14.8. The zero-order valence-electron chi connectivity index (χ0n) is 39.7. The van der Waals surface area contributed by atoms with E-state index in [9.17, 15) is 20.3 Å². The number of aliphatic hydroxyl groups is 1. The molecule has 336 valence electrons. The lowest BCUT2D eigenvalue weighted by Crippen LogP contribution is -2.68. The monoisotopic (exact) mass is 854 g/mol. The van der Waals surface area contributed by atoms with Crippen LogP contribution in [0.4, 0.5) is 0 Å². The molecule has 9 heteroatoms. The molecule has 0 amide bonds. The number of carbonyl (C=O) groups is 1. The van der Waals surface area contributed by atoms with Crippen molar-refractivity contribution in [3.05, 3.63) is 59.3 Å². The number of fused-ring (bicyclic) bond motifs is 7. The Hall–Kier alpha value is -2.77. The number of β-amino-alcohol motifs (C(OH)–C–C–N with tert-alkyl or cyclic N) is 1. The van der Waals surface area contributed by atoms with Crippen LogP contribution < -0.4 is 10.1 Å². The number of nitrogens with one attached hydrogen (secondary N) is 1. The third kappa shape index (κ3) is 7.53. The summed E-state index contributed by atoms with van der Waals surface area (Å²) in [6, 6.07) is 5.44. The number of carboxylic acid groups (broad SMARTS) is 1. The third-order valence-corrected chi connectivity index (χ3v) is 24.1. The van der Waals surface area contributed by atoms with Gasteiger partial charge < -0.3 is 24.7 Å². The van der Waals surface area contributed by atoms with Crippen molar-refractivity contribution in [1.82, 2.24) is 10.3 Å². The molecule has 6 aliphatic rings. The molecule has 0 bridgehead atoms. The van der Waals surface area contributed by atoms with Crippen molar-refractivity contribution in [2.45, 2.75) is 169 Å². The fourth-order valence-corrected chi connectivity index (χ4v) is 15.9. The van der Waals surface area contributed by atoms with Crippen LogP contribution in [0.3, 0.4) is 0 Å². The average Bonchev–Trinajstić information content (AvgIpc) is 3.59. The summed E-state index contributed by atoms with van der Waals surface area (Å²) in [4.78, 5) is 17.0. The van der Waals surface area contributed by atoms with E-state index in [1.165, 1.54) is 55.2 Å². The van der Waals surface area contributed by atoms with E-state index in [2.05, 4.69) is 111 Å². The van der Waals surface area contributed by atoms with Gasteiger partial charge in [-0.1, -0.05) is 79.7 Å². The Kier molecular flexibility index (Phi) is 12.2. The number of aliphatic carboxylic acids is 1. The second kappa shape index (κ2) is 16.0. The van der Waals surface area contributed by atoms with Gasteiger partial charge in [0.1, 0.15) is 23.7 Å². The summed E-state index contributed by atoms with van der Waals surface area (Å²) in [5.74, 6) is 2.14. The van der Waals surface area contributed by atoms with E-state index in [4.69, 9.17) is 9.16 Å². The minimum atomic E-state index is -1.95. The van der Waals surface area contributed by atoms with Crippen LogP contribution in [0.15, 0.2) is 53.8 Å². The van der Waals surface area contributed by atoms with Crippen LogP contribution in [-0.4, -0.2) is 60.9 Å². The number of aliphatic hydroxyl groups excluding tert-OH is 1. The van der Waals surface area contributed by atoms with E-state index < -0.39 is 25.8 Å². The number of carboxylic acids is 1. The number of nitriles is 1. The highest BCUT2D eigenvalue weighted by molar-refractivity contribution is 6.74. The first-order valence-corrected chi connectivity index (χ1v) is 26.7. The Bertz CT molecular complexity index is 1980. The van der Waals surface area contributed by atoms with Crippen LogP contribution in [0.2, 0.25) is 18.1 Å². The topological polar surface area (TPSA) is 125 Å². The number of hydrogen-bond acceptors (Lipinski definition) is 7. The maximum atomic E-state index is 12.8. The number of rotatable bonds is 12. The molecular weight excluding hydrogens is 775 g/mol. The molecule has 4 saturated carbocycles. The third-order valence-electron chi connectivity index (χ3n) is 19.6. The minimum absolute atomic E-state index is 0.0134. The van der Waals surface area contributed by atoms with Gasteiger partial charge in [-0.15, -0.1) is 0 Å². The van der Waals surface area contributed by atoms with E-state index in [0.717, 1.165) is 19.3 Å². The number of hydrogen-bond donors (Lipinski definition) is 3. The molecule has 6 aliphatic carbocycles. The second-order valence-electron chi connectivity index (χ2n) is 23.8. The normalized spacial score (nSPS) is 38.6. The van der Waals surface area contributed by atoms with Gasteiger partial charge in [0.15, 0.2) is 8.32 Å². The summed E-state index contributed by atoms with van der Waals surface area (Å²) in [5.41, 5.74) is 3.92. The van der Waals surface area contributed by atoms with Crippen molar-refractivity contribution in [1.29, 1.82) is 5.26 Å². The Morgan fingerprint density at radius 2 is 1.75 bits per heavy atom. The molecule has 7 rings (SSSR count). The van der Waals surface area contributed by atoms with Gasteiger partial charge in [0.25, 0.3) is 0 Å². The van der Waals surface area contributed by atoms with E-state index in [1.807, 2.05) is 0 Å². The fraction of sp³-hybridized carbons (Fsp3) is 0.750. The number of pyridine rings is 1. The molecule has 1 heterocycles. The summed E-state index contributed by atoms with van der Waals surface area (Å²) in [6.45, 7) is 32.2. The van der Waals surface area contributed by atoms with Crippen molar-refractivity contribution >= 4 is 14.3 Å². The maximum absolute atomic E-state index is 12.8. The van der Waals surface area contributed by atoms with Gasteiger partial charge in [0.2, 0.25) is 5.88 Å². The first-order valence-electron chi connectivity index (χ1n) is 23.8. The predicted molar refractivity (Wildman–Crippen MR) is 246 cm³/mol. The second-order valence-corrected chi connectivity index (χ2v) is 28.6. The summed E-state index contributed by atoms with van der Waals surface area (Å²) in [7, 11) is -1.95. The Balaban J connectivity index is 1.10. The minimum Gasteiger partial charge on any atom is -0.481 e. The molecular formula is C52H79N3O5Si. The van der Waals surface area contributed by atoms with Crippen molar-refractivity contribution in [2.75, 3.05) is 19.8 Å². The molecule has 61 heavy (non-hydrogen) atoms. The van der Waals surface area contributed by atoms with Crippen LogP contribution >= 0.6 is 0 Å². The zero-order chi connectivity index (χ0) is 44.6. The van der Waals surface area contributed by atoms with Gasteiger partial charge in [0, 0.05) is 18.3 Å². The van der Waals surface area contributed by atoms with E-state index >= 15 is 0 Å². The molecule has 0 saturated heterocycles. The summed E-state index contributed by atoms with van der Waals surface area (Å²) in [6.07, 6.45) is 18.1. The van der Waals surface area contributed by atoms with Crippen molar-refractivity contribution in [2.24, 2.45) is 56.7 Å². The highest BCUT2D eigenvalue weighted by Gasteiger charge is 2.70. The number of allylic oxidation sites excluding steroid dienone is 5. The SMILES string of the molecule is C=C(C)[C@@H]1CC[C@]2(NC[C@@H](O)CO[Si](C)(C)C(C)(C)C)CC[C@]3(C)[C@H](CC[C@@H]4[C@@]5(C)CC=C(C6=CCC(COc7ncccc7C#N)(C(=O)O)CC6)C(C)(C)[C@@H]5CC[C@]43C)[C@@H]12. The molecule has 8 nitrogen and oxygen atoms in total. The zero-order valence-corrected chi connectivity index (χ0v) is 40.7. The Labute approximate surface area is 369 Å². The molecule has 11 atom stereocenters. The molecule has 4 fully saturated rings. The summed E-state index contributed by atoms with van der Waals surface area (Å²) >= 11 is 0. The van der Waals surface area contributed by atoms with Crippen LogP contribution in [0.25, 0.3) is 0 Å². The highest BCUT2D eigenvalue weighted by atomic mass is 28.4. The Morgan fingerprint density at radius 3 is 2.39 bits per heavy atom. The van der Waals surface area contributed by atoms with Crippen LogP contribution in [-0.2, 0) is 9.22 Å². The van der Waals surface area contributed by atoms with Gasteiger partial charge in [-0.05, 0) is 177 Å². The molecule has 0 spiro atoms. The molecule has 0 radical (unpaired) electrons. The predicted octanol–water partition coefficient (Wildman–Crippen LogP) is 11.4. The number of aromatic nitrogens is 1. The maximum Gasteiger partial charge on any atom is 0.313 e. The van der Waals surface area contributed by atoms with E-state index in [0.29, 0.717) is 67.6 Å². The van der Waals surface area contributed by atoms with Gasteiger partial charge in [0.05, 0.1) is 12.7 Å². The first kappa shape index (κ1) is 46.2. The molecule has 1 aromatic heterocycles. The summed E-state index contributed by atoms with van der Waals surface area (Å²) in [5, 5.41) is 35.6. The largest absolute Gasteiger partial charge is 0.481 e. The van der Waals surface area contributed by atoms with Gasteiger partial charge in [-0.2, -0.15) is 5.26 Å². The van der Waals surface area contributed by atoms with Gasteiger partial charge in [-0.25, -0.2) is 4.98 Å². The van der Waals surface area contributed by atoms with Gasteiger partial charge in [-0.3, -0.25) is 4.79 Å². The molecule has 0 aromatic carbocycles. The van der Waals surface area contributed by atoms with E-state index in [-0.39, 0.29) is 44.7 Å². The van der Waals surface area contributed by atoms with Crippen LogP contribution in [0.1, 0.15) is 145 Å². The highest BCUT2D eigenvalue weighted by Crippen LogP contribution is 2.76. The van der Waals surface area contributed by atoms with E-state index in [1.54, 1.807) is 18.3 Å². The van der Waals surface area contributed by atoms with Crippen molar-refractivity contribution < 1.29 is 24.2 Å². The molecule has 0 aliphatic heterocycles. The lowest BCUT2D eigenvalue weighted by molar-refractivity contribution is -0.221. The van der Waals surface area contributed by atoms with Gasteiger partial charge >= 0.3 is 5.97 Å². The first-order chi connectivity index (χ1) is 28.4. The molecule has 1 aromatic rings. The van der Waals surface area contributed by atoms with Crippen LogP contribution in [0, 0.1) is 68.0 Å². The number of nitrogens with zero attached hydrogens (tertiary/aromatic N) is 2. The lowest BCUT2D eigenvalue weighted by Gasteiger charge is -2.72.